The summed E-state index contributed by atoms with van der Waals surface area (Å²) in [4.78, 5) is 47.3. The third-order valence-electron chi connectivity index (χ3n) is 2.14. The van der Waals surface area contributed by atoms with Gasteiger partial charge >= 0.3 is 23.0 Å². The summed E-state index contributed by atoms with van der Waals surface area (Å²) in [7, 11) is 0. The van der Waals surface area contributed by atoms with E-state index in [1.807, 2.05) is 4.98 Å². The first-order valence-electron chi connectivity index (χ1n) is 5.12. The molecule has 0 saturated carbocycles. The Balaban J connectivity index is 3.41. The number of aromatic nitrogens is 3. The lowest BCUT2D eigenvalue weighted by molar-refractivity contribution is -0.150. The summed E-state index contributed by atoms with van der Waals surface area (Å²) in [5.74, 6) is -0.672. The van der Waals surface area contributed by atoms with Gasteiger partial charge in [-0.25, -0.2) is 23.5 Å². The number of aliphatic hydroxyl groups is 1. The predicted molar refractivity (Wildman–Crippen MR) is 59.1 cm³/mol. The molecule has 0 aliphatic carbocycles. The van der Waals surface area contributed by atoms with Crippen LogP contribution in [0.1, 0.15) is 20.1 Å². The van der Waals surface area contributed by atoms with E-state index >= 15 is 0 Å². The van der Waals surface area contributed by atoms with Gasteiger partial charge in [-0.05, 0) is 6.92 Å². The summed E-state index contributed by atoms with van der Waals surface area (Å²) < 4.78 is 5.92. The lowest BCUT2D eigenvalue weighted by Gasteiger charge is -2.14. The molecule has 1 aromatic rings. The van der Waals surface area contributed by atoms with Gasteiger partial charge in [0, 0.05) is 6.92 Å². The maximum Gasteiger partial charge on any atom is 0.339 e. The minimum absolute atomic E-state index is 0.263. The first-order chi connectivity index (χ1) is 8.38. The first kappa shape index (κ1) is 13.9. The Morgan fingerprint density at radius 2 is 2.00 bits per heavy atom. The normalized spacial score (nSPS) is 12.2. The SMILES string of the molecule is CC(=O)OC(C)n1c(=O)[nH]c(=O)n(CCO)c1=O. The molecule has 0 aliphatic heterocycles. The molecule has 18 heavy (non-hydrogen) atoms. The second kappa shape index (κ2) is 5.45. The number of hydrogen-bond donors (Lipinski definition) is 2. The average Bonchev–Trinajstić information content (AvgIpc) is 2.22. The van der Waals surface area contributed by atoms with Crippen molar-refractivity contribution in [3.63, 3.8) is 0 Å². The average molecular weight is 259 g/mol. The van der Waals surface area contributed by atoms with Gasteiger partial charge in [0.15, 0.2) is 6.23 Å². The molecule has 0 aromatic carbocycles. The van der Waals surface area contributed by atoms with E-state index in [1.165, 1.54) is 6.92 Å². The molecule has 1 aromatic heterocycles. The lowest BCUT2D eigenvalue weighted by Crippen LogP contribution is -2.51. The number of nitrogens with zero attached hydrogens (tertiary/aromatic N) is 2. The molecule has 0 amide bonds. The summed E-state index contributed by atoms with van der Waals surface area (Å²) in [6, 6.07) is 0. The van der Waals surface area contributed by atoms with E-state index in [0.717, 1.165) is 6.92 Å². The minimum Gasteiger partial charge on any atom is -0.441 e. The Bertz CT molecular complexity index is 610. The number of carbonyl (C=O) groups is 1. The van der Waals surface area contributed by atoms with Crippen LogP contribution in [0.2, 0.25) is 0 Å². The molecule has 0 radical (unpaired) electrons. The van der Waals surface area contributed by atoms with E-state index in [4.69, 9.17) is 9.84 Å². The van der Waals surface area contributed by atoms with Crippen molar-refractivity contribution in [3.8, 4) is 0 Å². The van der Waals surface area contributed by atoms with Crippen LogP contribution in [0.3, 0.4) is 0 Å². The predicted octanol–water partition coefficient (Wildman–Crippen LogP) is -2.23. The second-order valence-electron chi connectivity index (χ2n) is 3.47. The van der Waals surface area contributed by atoms with Crippen molar-refractivity contribution >= 4 is 5.97 Å². The van der Waals surface area contributed by atoms with Crippen LogP contribution in [0.5, 0.6) is 0 Å². The molecule has 9 heteroatoms. The fraction of sp³-hybridized carbons (Fsp3) is 0.556. The van der Waals surface area contributed by atoms with Gasteiger partial charge in [-0.15, -0.1) is 0 Å². The van der Waals surface area contributed by atoms with Crippen molar-refractivity contribution in [3.05, 3.63) is 31.5 Å². The maximum absolute atomic E-state index is 11.8. The van der Waals surface area contributed by atoms with Crippen molar-refractivity contribution in [2.45, 2.75) is 26.6 Å². The Morgan fingerprint density at radius 1 is 1.39 bits per heavy atom. The molecule has 100 valence electrons. The number of ether oxygens (including phenoxy) is 1. The lowest BCUT2D eigenvalue weighted by atomic mass is 10.6. The number of aliphatic hydroxyl groups excluding tert-OH is 1. The molecule has 1 unspecified atom stereocenters. The van der Waals surface area contributed by atoms with Crippen LogP contribution in [0.4, 0.5) is 0 Å². The van der Waals surface area contributed by atoms with Crippen molar-refractivity contribution in [2.75, 3.05) is 6.61 Å². The topological polar surface area (TPSA) is 123 Å². The van der Waals surface area contributed by atoms with Gasteiger partial charge in [0.05, 0.1) is 13.2 Å². The van der Waals surface area contributed by atoms with Crippen LogP contribution in [0, 0.1) is 0 Å². The summed E-state index contributed by atoms with van der Waals surface area (Å²) in [6.45, 7) is 1.73. The second-order valence-corrected chi connectivity index (χ2v) is 3.47. The number of H-pyrrole nitrogens is 1. The molecule has 1 heterocycles. The van der Waals surface area contributed by atoms with Gasteiger partial charge in [0.2, 0.25) is 0 Å². The Kier molecular flexibility index (Phi) is 4.21. The number of carbonyl (C=O) groups excluding carboxylic acids is 1. The number of esters is 1. The van der Waals surface area contributed by atoms with Crippen LogP contribution in [0.25, 0.3) is 0 Å². The highest BCUT2D eigenvalue weighted by molar-refractivity contribution is 5.65. The number of nitrogens with one attached hydrogen (secondary N) is 1. The van der Waals surface area contributed by atoms with Crippen molar-refractivity contribution < 1.29 is 14.6 Å². The number of rotatable bonds is 4. The van der Waals surface area contributed by atoms with Crippen molar-refractivity contribution in [2.24, 2.45) is 0 Å². The molecule has 0 aliphatic rings. The smallest absolute Gasteiger partial charge is 0.339 e. The molecule has 0 saturated heterocycles. The van der Waals surface area contributed by atoms with Gasteiger partial charge in [0.25, 0.3) is 0 Å². The monoisotopic (exact) mass is 259 g/mol. The molecule has 2 N–H and O–H groups in total. The standard InChI is InChI=1S/C9H13N3O6/c1-5(18-6(2)14)12-8(16)10-7(15)11(3-4-13)9(12)17/h5,13H,3-4H2,1-2H3,(H,10,15,16). The fourth-order valence-corrected chi connectivity index (χ4v) is 1.43. The molecule has 1 atom stereocenters. The van der Waals surface area contributed by atoms with E-state index < -0.39 is 35.9 Å². The molecular formula is C9H13N3O6. The number of aromatic amines is 1. The largest absolute Gasteiger partial charge is 0.441 e. The van der Waals surface area contributed by atoms with E-state index in [0.29, 0.717) is 9.13 Å². The maximum atomic E-state index is 11.8. The van der Waals surface area contributed by atoms with Gasteiger partial charge in [-0.3, -0.25) is 9.78 Å². The highest BCUT2D eigenvalue weighted by Crippen LogP contribution is 1.99. The van der Waals surface area contributed by atoms with Crippen LogP contribution < -0.4 is 17.1 Å². The molecular weight excluding hydrogens is 246 g/mol. The number of hydrogen-bond acceptors (Lipinski definition) is 6. The summed E-state index contributed by atoms with van der Waals surface area (Å²) in [5, 5.41) is 8.73. The molecule has 0 bridgehead atoms. The third-order valence-corrected chi connectivity index (χ3v) is 2.14. The van der Waals surface area contributed by atoms with Crippen LogP contribution >= 0.6 is 0 Å². The van der Waals surface area contributed by atoms with Gasteiger partial charge in [-0.2, -0.15) is 0 Å². The highest BCUT2D eigenvalue weighted by atomic mass is 16.6. The van der Waals surface area contributed by atoms with Crippen LogP contribution in [-0.4, -0.2) is 31.8 Å². The molecule has 0 spiro atoms. The van der Waals surface area contributed by atoms with Crippen molar-refractivity contribution in [1.29, 1.82) is 0 Å². The summed E-state index contributed by atoms with van der Waals surface area (Å²) in [5.41, 5.74) is -2.86. The van der Waals surface area contributed by atoms with Gasteiger partial charge in [0.1, 0.15) is 0 Å². The summed E-state index contributed by atoms with van der Waals surface area (Å²) in [6.07, 6.45) is -1.15. The Morgan fingerprint density at radius 3 is 2.50 bits per heavy atom. The molecule has 1 rings (SSSR count). The van der Waals surface area contributed by atoms with Crippen molar-refractivity contribution in [1.82, 2.24) is 14.1 Å². The van der Waals surface area contributed by atoms with E-state index in [9.17, 15) is 19.2 Å². The Hall–Kier alpha value is -2.16. The van der Waals surface area contributed by atoms with E-state index in [2.05, 4.69) is 0 Å². The first-order valence-corrected chi connectivity index (χ1v) is 5.12. The third kappa shape index (κ3) is 2.74. The van der Waals surface area contributed by atoms with Crippen LogP contribution in [0.15, 0.2) is 14.4 Å². The van der Waals surface area contributed by atoms with Gasteiger partial charge < -0.3 is 9.84 Å². The zero-order chi connectivity index (χ0) is 13.9. The zero-order valence-corrected chi connectivity index (χ0v) is 9.87. The van der Waals surface area contributed by atoms with E-state index in [-0.39, 0.29) is 6.54 Å². The Labute approximate surface area is 100 Å². The zero-order valence-electron chi connectivity index (χ0n) is 9.87. The summed E-state index contributed by atoms with van der Waals surface area (Å²) >= 11 is 0. The fourth-order valence-electron chi connectivity index (χ4n) is 1.43. The molecule has 0 fully saturated rings. The molecule has 9 nitrogen and oxygen atoms in total. The highest BCUT2D eigenvalue weighted by Gasteiger charge is 2.16. The van der Waals surface area contributed by atoms with Gasteiger partial charge in [-0.1, -0.05) is 0 Å². The quantitative estimate of drug-likeness (QED) is 0.590. The van der Waals surface area contributed by atoms with E-state index in [1.54, 1.807) is 0 Å². The minimum atomic E-state index is -1.15. The van der Waals surface area contributed by atoms with Crippen LogP contribution in [-0.2, 0) is 16.1 Å².